The Morgan fingerprint density at radius 1 is 1.03 bits per heavy atom. The second kappa shape index (κ2) is 8.80. The first kappa shape index (κ1) is 20.3. The Hall–Kier alpha value is -3.98. The van der Waals surface area contributed by atoms with Crippen LogP contribution in [0.2, 0.25) is 0 Å². The second-order valence-electron chi connectivity index (χ2n) is 6.44. The summed E-state index contributed by atoms with van der Waals surface area (Å²) in [6.45, 7) is 1.91. The van der Waals surface area contributed by atoms with Gasteiger partial charge in [-0.2, -0.15) is 0 Å². The first-order valence-electron chi connectivity index (χ1n) is 9.48. The molecule has 0 bridgehead atoms. The van der Waals surface area contributed by atoms with Crippen LogP contribution in [0.4, 0.5) is 14.9 Å². The lowest BCUT2D eigenvalue weighted by Gasteiger charge is -2.04. The molecular weight excluding hydrogens is 416 g/mol. The molecular formula is C22H18N4O4S. The van der Waals surface area contributed by atoms with Gasteiger partial charge in [0.1, 0.15) is 10.7 Å². The van der Waals surface area contributed by atoms with E-state index >= 15 is 0 Å². The zero-order valence-electron chi connectivity index (χ0n) is 16.5. The van der Waals surface area contributed by atoms with Crippen LogP contribution in [0, 0.1) is 0 Å². The van der Waals surface area contributed by atoms with E-state index in [1.54, 1.807) is 19.1 Å². The number of thiazole rings is 1. The van der Waals surface area contributed by atoms with Crippen LogP contribution in [0.25, 0.3) is 22.2 Å². The molecule has 31 heavy (non-hydrogen) atoms. The number of amides is 2. The number of ketones is 1. The van der Waals surface area contributed by atoms with Crippen molar-refractivity contribution in [1.82, 2.24) is 9.97 Å². The molecule has 2 heterocycles. The number of anilines is 2. The fraction of sp³-hybridized carbons (Fsp3) is 0.0909. The normalized spacial score (nSPS) is 10.6. The van der Waals surface area contributed by atoms with Gasteiger partial charge in [0.15, 0.2) is 5.13 Å². The van der Waals surface area contributed by atoms with Crippen molar-refractivity contribution in [3.8, 4) is 11.3 Å². The molecule has 0 radical (unpaired) electrons. The van der Waals surface area contributed by atoms with Crippen molar-refractivity contribution in [2.45, 2.75) is 6.92 Å². The molecule has 2 amide bonds. The van der Waals surface area contributed by atoms with Gasteiger partial charge in [-0.15, -0.1) is 0 Å². The number of carbonyl (C=O) groups excluding carboxylic acids is 3. The lowest BCUT2D eigenvalue weighted by atomic mass is 10.1. The van der Waals surface area contributed by atoms with Crippen LogP contribution in [0.3, 0.4) is 0 Å². The second-order valence-corrected chi connectivity index (χ2v) is 7.44. The van der Waals surface area contributed by atoms with Crippen molar-refractivity contribution in [3.05, 3.63) is 66.4 Å². The van der Waals surface area contributed by atoms with Crippen molar-refractivity contribution >= 4 is 50.2 Å². The summed E-state index contributed by atoms with van der Waals surface area (Å²) in [5.74, 6) is -1.47. The van der Waals surface area contributed by atoms with Crippen molar-refractivity contribution in [3.63, 3.8) is 0 Å². The first-order valence-corrected chi connectivity index (χ1v) is 10.3. The molecule has 4 rings (SSSR count). The Kier molecular flexibility index (Phi) is 5.76. The van der Waals surface area contributed by atoms with Crippen molar-refractivity contribution in [2.75, 3.05) is 17.2 Å². The molecule has 0 aliphatic heterocycles. The molecule has 8 nitrogen and oxygen atoms in total. The molecule has 0 fully saturated rings. The summed E-state index contributed by atoms with van der Waals surface area (Å²) in [6, 6.07) is 16.4. The fourth-order valence-electron chi connectivity index (χ4n) is 3.05. The Labute approximate surface area is 181 Å². The van der Waals surface area contributed by atoms with Crippen LogP contribution in [0.1, 0.15) is 17.3 Å². The lowest BCUT2D eigenvalue weighted by molar-refractivity contribution is -0.112. The summed E-state index contributed by atoms with van der Waals surface area (Å²) in [5.41, 5.74) is 2.22. The molecule has 156 valence electrons. The number of aromatic nitrogens is 2. The number of para-hydroxylation sites is 1. The van der Waals surface area contributed by atoms with E-state index < -0.39 is 17.8 Å². The molecule has 0 saturated heterocycles. The van der Waals surface area contributed by atoms with Gasteiger partial charge in [0.2, 0.25) is 0 Å². The lowest BCUT2D eigenvalue weighted by Crippen LogP contribution is -2.22. The van der Waals surface area contributed by atoms with Gasteiger partial charge >= 0.3 is 6.09 Å². The maximum absolute atomic E-state index is 12.8. The number of carbonyl (C=O) groups is 3. The maximum atomic E-state index is 12.8. The molecule has 3 N–H and O–H groups in total. The van der Waals surface area contributed by atoms with Crippen LogP contribution in [-0.2, 0) is 9.53 Å². The Morgan fingerprint density at radius 2 is 1.77 bits per heavy atom. The van der Waals surface area contributed by atoms with Crippen LogP contribution < -0.4 is 10.6 Å². The number of nitrogens with zero attached hydrogens (tertiary/aromatic N) is 1. The summed E-state index contributed by atoms with van der Waals surface area (Å²) in [6.07, 6.45) is 0.870. The third-order valence-corrected chi connectivity index (χ3v) is 5.31. The van der Waals surface area contributed by atoms with Gasteiger partial charge in [-0.05, 0) is 13.0 Å². The summed E-state index contributed by atoms with van der Waals surface area (Å²) < 4.78 is 4.88. The number of benzene rings is 2. The van der Waals surface area contributed by atoms with Crippen molar-refractivity contribution in [1.29, 1.82) is 0 Å². The van der Waals surface area contributed by atoms with E-state index in [0.29, 0.717) is 16.1 Å². The highest BCUT2D eigenvalue weighted by atomic mass is 32.1. The van der Waals surface area contributed by atoms with E-state index in [-0.39, 0.29) is 17.3 Å². The molecule has 4 aromatic rings. The number of hydrogen-bond acceptors (Lipinski definition) is 6. The van der Waals surface area contributed by atoms with Crippen LogP contribution in [-0.4, -0.2) is 34.4 Å². The summed E-state index contributed by atoms with van der Waals surface area (Å²) in [4.78, 5) is 44.7. The highest BCUT2D eigenvalue weighted by molar-refractivity contribution is 7.20. The number of fused-ring (bicyclic) bond motifs is 1. The minimum Gasteiger partial charge on any atom is -0.450 e. The molecule has 0 saturated carbocycles. The highest BCUT2D eigenvalue weighted by Gasteiger charge is 2.23. The van der Waals surface area contributed by atoms with Crippen LogP contribution in [0.5, 0.6) is 0 Å². The topological polar surface area (TPSA) is 113 Å². The van der Waals surface area contributed by atoms with Gasteiger partial charge in [-0.3, -0.25) is 14.9 Å². The molecule has 9 heteroatoms. The minimum absolute atomic E-state index is 0.214. The van der Waals surface area contributed by atoms with Crippen molar-refractivity contribution < 1.29 is 19.1 Å². The number of Topliss-reactive ketones (excluding diaryl/α,β-unsaturated/α-hetero) is 1. The summed E-state index contributed by atoms with van der Waals surface area (Å²) in [5, 5.41) is 6.43. The highest BCUT2D eigenvalue weighted by Crippen LogP contribution is 2.36. The van der Waals surface area contributed by atoms with Gasteiger partial charge in [0.25, 0.3) is 11.7 Å². The van der Waals surface area contributed by atoms with Crippen LogP contribution in [0.15, 0.2) is 60.8 Å². The molecule has 0 aliphatic carbocycles. The number of H-pyrrole nitrogens is 1. The third kappa shape index (κ3) is 4.31. The minimum atomic E-state index is -0.798. The Morgan fingerprint density at radius 3 is 2.55 bits per heavy atom. The number of hydrogen-bond donors (Lipinski definition) is 3. The molecule has 2 aromatic heterocycles. The Balaban J connectivity index is 1.63. The van der Waals surface area contributed by atoms with Crippen molar-refractivity contribution in [2.24, 2.45) is 0 Å². The Bertz CT molecular complexity index is 1260. The first-order chi connectivity index (χ1) is 15.1. The molecule has 2 aromatic carbocycles. The zero-order chi connectivity index (χ0) is 21.8. The molecule has 0 spiro atoms. The number of nitrogens with one attached hydrogen (secondary N) is 3. The van der Waals surface area contributed by atoms with Gasteiger partial charge < -0.3 is 15.0 Å². The quantitative estimate of drug-likeness (QED) is 0.301. The third-order valence-electron chi connectivity index (χ3n) is 4.43. The summed E-state index contributed by atoms with van der Waals surface area (Å²) >= 11 is 1.04. The maximum Gasteiger partial charge on any atom is 0.413 e. The van der Waals surface area contributed by atoms with E-state index in [9.17, 15) is 14.4 Å². The van der Waals surface area contributed by atoms with E-state index in [0.717, 1.165) is 22.4 Å². The van der Waals surface area contributed by atoms with Gasteiger partial charge in [-0.1, -0.05) is 59.9 Å². The number of ether oxygens (including phenoxy) is 1. The number of aromatic amines is 1. The SMILES string of the molecule is CCOC(=O)Nc1nc(-c2ccccc2)c(NC(=O)C(=O)c2c[nH]c3ccccc23)s1. The van der Waals surface area contributed by atoms with Gasteiger partial charge in [0, 0.05) is 22.7 Å². The average molecular weight is 434 g/mol. The molecule has 0 aliphatic rings. The summed E-state index contributed by atoms with van der Waals surface area (Å²) in [7, 11) is 0. The van der Waals surface area contributed by atoms with Gasteiger partial charge in [-0.25, -0.2) is 9.78 Å². The fourth-order valence-corrected chi connectivity index (χ4v) is 3.91. The van der Waals surface area contributed by atoms with Crippen LogP contribution >= 0.6 is 11.3 Å². The number of rotatable bonds is 6. The standard InChI is InChI=1S/C22H18N4O4S/c1-2-30-22(29)26-21-24-17(13-8-4-3-5-9-13)20(31-21)25-19(28)18(27)15-12-23-16-11-7-6-10-14(15)16/h3-12,23H,2H2,1H3,(H,25,28)(H,24,26,29). The van der Waals surface area contributed by atoms with E-state index in [1.165, 1.54) is 6.20 Å². The van der Waals surface area contributed by atoms with E-state index in [1.807, 2.05) is 42.5 Å². The average Bonchev–Trinajstić information content (AvgIpc) is 3.38. The zero-order valence-corrected chi connectivity index (χ0v) is 17.3. The molecule has 0 unspecified atom stereocenters. The smallest absolute Gasteiger partial charge is 0.413 e. The molecule has 0 atom stereocenters. The monoisotopic (exact) mass is 434 g/mol. The predicted molar refractivity (Wildman–Crippen MR) is 119 cm³/mol. The van der Waals surface area contributed by atoms with Gasteiger partial charge in [0.05, 0.1) is 12.2 Å². The van der Waals surface area contributed by atoms with E-state index in [4.69, 9.17) is 4.74 Å². The van der Waals surface area contributed by atoms with E-state index in [2.05, 4.69) is 20.6 Å². The largest absolute Gasteiger partial charge is 0.450 e. The predicted octanol–water partition coefficient (Wildman–Crippen LogP) is 4.68.